The zero-order valence-corrected chi connectivity index (χ0v) is 15.6. The number of hydrogen-bond acceptors (Lipinski definition) is 2. The van der Waals surface area contributed by atoms with Gasteiger partial charge in [0.25, 0.3) is 0 Å². The molecule has 0 spiro atoms. The molecule has 2 atom stereocenters. The number of ether oxygens (including phenoxy) is 1. The first-order valence-electron chi connectivity index (χ1n) is 9.21. The minimum Gasteiger partial charge on any atom is -0.487 e. The third-order valence-corrected chi connectivity index (χ3v) is 6.02. The van der Waals surface area contributed by atoms with Crippen LogP contribution in [0, 0.1) is 17.2 Å². The third kappa shape index (κ3) is 2.86. The molecule has 2 aliphatic rings. The summed E-state index contributed by atoms with van der Waals surface area (Å²) in [5.41, 5.74) is 3.54. The molecule has 1 aliphatic heterocycles. The van der Waals surface area contributed by atoms with Gasteiger partial charge in [-0.15, -0.1) is 0 Å². The molecule has 2 nitrogen and oxygen atoms in total. The molecule has 2 heteroatoms. The van der Waals surface area contributed by atoms with Crippen molar-refractivity contribution in [3.8, 4) is 11.8 Å². The van der Waals surface area contributed by atoms with Gasteiger partial charge >= 0.3 is 0 Å². The number of rotatable bonds is 3. The van der Waals surface area contributed by atoms with Gasteiger partial charge < -0.3 is 4.74 Å². The van der Waals surface area contributed by atoms with Crippen LogP contribution in [0.3, 0.4) is 0 Å². The predicted octanol–water partition coefficient (Wildman–Crippen LogP) is 5.88. The van der Waals surface area contributed by atoms with Crippen molar-refractivity contribution in [1.29, 1.82) is 5.26 Å². The first-order valence-corrected chi connectivity index (χ1v) is 9.21. The summed E-state index contributed by atoms with van der Waals surface area (Å²) in [6, 6.07) is 9.16. The number of nitrogens with zero attached hydrogens (tertiary/aromatic N) is 1. The molecular weight excluding hydrogens is 294 g/mol. The van der Waals surface area contributed by atoms with E-state index in [2.05, 4.69) is 65.0 Å². The van der Waals surface area contributed by atoms with E-state index in [1.54, 1.807) is 0 Å². The van der Waals surface area contributed by atoms with E-state index in [0.717, 1.165) is 24.2 Å². The molecule has 1 aliphatic carbocycles. The minimum absolute atomic E-state index is 0.165. The summed E-state index contributed by atoms with van der Waals surface area (Å²) in [6.07, 6.45) is 6.23. The van der Waals surface area contributed by atoms with Gasteiger partial charge in [-0.1, -0.05) is 45.4 Å². The lowest BCUT2D eigenvalue weighted by atomic mass is 9.67. The second-order valence-electron chi connectivity index (χ2n) is 8.59. The Hall–Kier alpha value is -1.75. The number of allylic oxidation sites excluding steroid dienone is 2. The molecule has 1 aromatic carbocycles. The zero-order valence-electron chi connectivity index (χ0n) is 15.6. The van der Waals surface area contributed by atoms with Gasteiger partial charge in [-0.05, 0) is 61.6 Å². The molecule has 3 rings (SSSR count). The van der Waals surface area contributed by atoms with Crippen LogP contribution in [0.4, 0.5) is 0 Å². The SMILES string of the molecule is CCCC(C)(C)c1ccc2c(c1)OC(C)(C)[C@@H]1CC=C(C#N)C[C@@H]21. The average molecular weight is 323 g/mol. The highest BCUT2D eigenvalue weighted by Crippen LogP contribution is 2.51. The Labute approximate surface area is 146 Å². The van der Waals surface area contributed by atoms with Crippen molar-refractivity contribution >= 4 is 0 Å². The molecule has 0 amide bonds. The van der Waals surface area contributed by atoms with Gasteiger partial charge in [0.05, 0.1) is 6.07 Å². The van der Waals surface area contributed by atoms with Crippen LogP contribution in [-0.4, -0.2) is 5.60 Å². The fourth-order valence-corrected chi connectivity index (χ4v) is 4.56. The standard InChI is InChI=1S/C22H29NO/c1-6-11-21(2,3)16-8-9-17-18-12-15(14-23)7-10-19(18)22(4,5)24-20(17)13-16/h7-9,13,18-19H,6,10-12H2,1-5H3/t18-,19+/m0/s1. The molecule has 0 aromatic heterocycles. The quantitative estimate of drug-likeness (QED) is 0.696. The maximum absolute atomic E-state index is 9.32. The zero-order chi connectivity index (χ0) is 17.5. The van der Waals surface area contributed by atoms with Gasteiger partial charge in [-0.2, -0.15) is 5.26 Å². The van der Waals surface area contributed by atoms with Crippen LogP contribution in [0.15, 0.2) is 29.8 Å². The molecule has 0 unspecified atom stereocenters. The van der Waals surface area contributed by atoms with Crippen LogP contribution in [0.1, 0.15) is 77.3 Å². The Morgan fingerprint density at radius 3 is 2.75 bits per heavy atom. The van der Waals surface area contributed by atoms with Crippen LogP contribution in [0.2, 0.25) is 0 Å². The first-order chi connectivity index (χ1) is 11.3. The van der Waals surface area contributed by atoms with Gasteiger partial charge in [0.1, 0.15) is 11.4 Å². The molecule has 0 saturated carbocycles. The van der Waals surface area contributed by atoms with Crippen molar-refractivity contribution in [2.75, 3.05) is 0 Å². The Morgan fingerprint density at radius 2 is 2.08 bits per heavy atom. The summed E-state index contributed by atoms with van der Waals surface area (Å²) < 4.78 is 6.46. The molecule has 1 heterocycles. The van der Waals surface area contributed by atoms with Crippen LogP contribution >= 0.6 is 0 Å². The lowest BCUT2D eigenvalue weighted by Crippen LogP contribution is -2.45. The highest BCUT2D eigenvalue weighted by Gasteiger charge is 2.45. The van der Waals surface area contributed by atoms with Gasteiger partial charge in [-0.3, -0.25) is 0 Å². The lowest BCUT2D eigenvalue weighted by molar-refractivity contribution is 0.00869. The number of nitriles is 1. The second-order valence-corrected chi connectivity index (χ2v) is 8.59. The van der Waals surface area contributed by atoms with E-state index in [1.807, 2.05) is 0 Å². The molecular formula is C22H29NO. The van der Waals surface area contributed by atoms with E-state index < -0.39 is 0 Å². The Kier molecular flexibility index (Phi) is 4.24. The summed E-state index contributed by atoms with van der Waals surface area (Å²) in [4.78, 5) is 0. The highest BCUT2D eigenvalue weighted by atomic mass is 16.5. The number of hydrogen-bond donors (Lipinski definition) is 0. The highest BCUT2D eigenvalue weighted by molar-refractivity contribution is 5.47. The molecule has 0 N–H and O–H groups in total. The van der Waals surface area contributed by atoms with E-state index in [0.29, 0.717) is 11.8 Å². The molecule has 0 fully saturated rings. The van der Waals surface area contributed by atoms with Crippen molar-refractivity contribution < 1.29 is 4.74 Å². The number of benzene rings is 1. The van der Waals surface area contributed by atoms with Crippen molar-refractivity contribution in [2.45, 2.75) is 77.2 Å². The predicted molar refractivity (Wildman–Crippen MR) is 98.2 cm³/mol. The largest absolute Gasteiger partial charge is 0.487 e. The van der Waals surface area contributed by atoms with E-state index in [-0.39, 0.29) is 11.0 Å². The molecule has 24 heavy (non-hydrogen) atoms. The summed E-state index contributed by atoms with van der Waals surface area (Å²) in [5.74, 6) is 1.87. The van der Waals surface area contributed by atoms with Crippen LogP contribution < -0.4 is 4.74 Å². The van der Waals surface area contributed by atoms with Crippen molar-refractivity contribution in [3.05, 3.63) is 41.0 Å². The van der Waals surface area contributed by atoms with Crippen molar-refractivity contribution in [1.82, 2.24) is 0 Å². The average Bonchev–Trinajstić information content (AvgIpc) is 2.53. The van der Waals surface area contributed by atoms with Crippen molar-refractivity contribution in [3.63, 3.8) is 0 Å². The Balaban J connectivity index is 2.03. The molecule has 0 saturated heterocycles. The lowest BCUT2D eigenvalue weighted by Gasteiger charge is -2.47. The summed E-state index contributed by atoms with van der Waals surface area (Å²) in [6.45, 7) is 11.3. The van der Waals surface area contributed by atoms with Crippen LogP contribution in [0.25, 0.3) is 0 Å². The van der Waals surface area contributed by atoms with E-state index in [4.69, 9.17) is 4.74 Å². The maximum atomic E-state index is 9.32. The van der Waals surface area contributed by atoms with Gasteiger partial charge in [-0.25, -0.2) is 0 Å². The Bertz CT molecular complexity index is 705. The van der Waals surface area contributed by atoms with Gasteiger partial charge in [0.2, 0.25) is 0 Å². The van der Waals surface area contributed by atoms with E-state index in [9.17, 15) is 5.26 Å². The molecule has 128 valence electrons. The van der Waals surface area contributed by atoms with Gasteiger partial charge in [0.15, 0.2) is 0 Å². The van der Waals surface area contributed by atoms with Crippen LogP contribution in [0.5, 0.6) is 5.75 Å². The van der Waals surface area contributed by atoms with Crippen molar-refractivity contribution in [2.24, 2.45) is 5.92 Å². The normalized spacial score (nSPS) is 24.9. The third-order valence-electron chi connectivity index (χ3n) is 6.02. The van der Waals surface area contributed by atoms with E-state index >= 15 is 0 Å². The second kappa shape index (κ2) is 5.96. The number of fused-ring (bicyclic) bond motifs is 3. The first kappa shape index (κ1) is 17.1. The molecule has 0 bridgehead atoms. The van der Waals surface area contributed by atoms with Gasteiger partial charge in [0, 0.05) is 11.5 Å². The molecule has 1 aromatic rings. The van der Waals surface area contributed by atoms with Crippen LogP contribution in [-0.2, 0) is 5.41 Å². The summed E-state index contributed by atoms with van der Waals surface area (Å²) in [5, 5.41) is 9.32. The monoisotopic (exact) mass is 323 g/mol. The summed E-state index contributed by atoms with van der Waals surface area (Å²) in [7, 11) is 0. The smallest absolute Gasteiger partial charge is 0.123 e. The molecule has 0 radical (unpaired) electrons. The maximum Gasteiger partial charge on any atom is 0.123 e. The minimum atomic E-state index is -0.192. The fraction of sp³-hybridized carbons (Fsp3) is 0.591. The topological polar surface area (TPSA) is 33.0 Å². The Morgan fingerprint density at radius 1 is 1.33 bits per heavy atom. The summed E-state index contributed by atoms with van der Waals surface area (Å²) >= 11 is 0. The van der Waals surface area contributed by atoms with E-state index in [1.165, 1.54) is 24.0 Å². The fourth-order valence-electron chi connectivity index (χ4n) is 4.56.